The summed E-state index contributed by atoms with van der Waals surface area (Å²) >= 11 is 0. The van der Waals surface area contributed by atoms with Crippen molar-refractivity contribution in [2.75, 3.05) is 0 Å². The fraction of sp³-hybridized carbons (Fsp3) is 0. The standard InChI is InChI=1S/C53H34N4/c1-4-14-35(15-5-1)39-26-30-46-45-22-12-13-23-48(45)57(49(46)33-39)50-34-40(36-16-6-2-7-17-36)27-31-47(50)53-55-51(38-19-8-3-9-20-38)54-52(56-53)42-28-29-44-41(32-42)25-24-37-18-10-11-21-43(37)44/h1-34H. The third-order valence-electron chi connectivity index (χ3n) is 11.0. The van der Waals surface area contributed by atoms with E-state index in [0.29, 0.717) is 17.5 Å². The lowest BCUT2D eigenvalue weighted by Gasteiger charge is -2.17. The molecule has 2 aromatic heterocycles. The van der Waals surface area contributed by atoms with Crippen LogP contribution in [0, 0.1) is 0 Å². The van der Waals surface area contributed by atoms with Crippen molar-refractivity contribution in [1.29, 1.82) is 0 Å². The van der Waals surface area contributed by atoms with Crippen LogP contribution in [-0.2, 0) is 0 Å². The van der Waals surface area contributed by atoms with Gasteiger partial charge in [-0.05, 0) is 74.1 Å². The van der Waals surface area contributed by atoms with Gasteiger partial charge < -0.3 is 4.57 Å². The first kappa shape index (κ1) is 32.7. The highest BCUT2D eigenvalue weighted by Crippen LogP contribution is 2.40. The maximum Gasteiger partial charge on any atom is 0.166 e. The zero-order valence-electron chi connectivity index (χ0n) is 30.9. The summed E-state index contributed by atoms with van der Waals surface area (Å²) in [5.74, 6) is 1.86. The molecule has 0 bridgehead atoms. The van der Waals surface area contributed by atoms with E-state index in [4.69, 9.17) is 15.0 Å². The first-order valence-corrected chi connectivity index (χ1v) is 19.3. The summed E-state index contributed by atoms with van der Waals surface area (Å²) in [6.07, 6.45) is 0. The number of fused-ring (bicyclic) bond motifs is 6. The smallest absolute Gasteiger partial charge is 0.166 e. The van der Waals surface area contributed by atoms with Gasteiger partial charge in [-0.3, -0.25) is 0 Å². The number of hydrogen-bond acceptors (Lipinski definition) is 3. The highest BCUT2D eigenvalue weighted by molar-refractivity contribution is 6.11. The highest BCUT2D eigenvalue weighted by atomic mass is 15.1. The molecule has 0 radical (unpaired) electrons. The second-order valence-electron chi connectivity index (χ2n) is 14.4. The SMILES string of the molecule is c1ccc(-c2ccc(-c3nc(-c4ccccc4)nc(-c4ccc5c(ccc6ccccc65)c4)n3)c(-n3c4ccccc4c4ccc(-c5ccccc5)cc43)c2)cc1. The monoisotopic (exact) mass is 726 g/mol. The normalized spacial score (nSPS) is 11.5. The molecular weight excluding hydrogens is 693 g/mol. The molecule has 0 fully saturated rings. The van der Waals surface area contributed by atoms with Gasteiger partial charge in [0.1, 0.15) is 0 Å². The molecule has 0 aliphatic rings. The first-order valence-electron chi connectivity index (χ1n) is 19.3. The molecule has 0 aliphatic carbocycles. The summed E-state index contributed by atoms with van der Waals surface area (Å²) in [6.45, 7) is 0. The molecule has 4 heteroatoms. The van der Waals surface area contributed by atoms with Crippen LogP contribution in [0.5, 0.6) is 0 Å². The largest absolute Gasteiger partial charge is 0.308 e. The van der Waals surface area contributed by atoms with Crippen molar-refractivity contribution in [3.05, 3.63) is 206 Å². The highest BCUT2D eigenvalue weighted by Gasteiger charge is 2.21. The van der Waals surface area contributed by atoms with Gasteiger partial charge in [0.15, 0.2) is 17.5 Å². The van der Waals surface area contributed by atoms with Crippen LogP contribution in [0.25, 0.3) is 105 Å². The van der Waals surface area contributed by atoms with E-state index < -0.39 is 0 Å². The van der Waals surface area contributed by atoms with Gasteiger partial charge in [-0.1, -0.05) is 176 Å². The molecule has 0 saturated heterocycles. The van der Waals surface area contributed by atoms with Crippen LogP contribution in [0.2, 0.25) is 0 Å². The molecule has 0 unspecified atom stereocenters. The lowest BCUT2D eigenvalue weighted by molar-refractivity contribution is 1.06. The van der Waals surface area contributed by atoms with Crippen molar-refractivity contribution in [3.8, 4) is 62.1 Å². The minimum absolute atomic E-state index is 0.609. The van der Waals surface area contributed by atoms with E-state index in [1.54, 1.807) is 0 Å². The summed E-state index contributed by atoms with van der Waals surface area (Å²) in [4.78, 5) is 15.7. The van der Waals surface area contributed by atoms with Crippen molar-refractivity contribution in [2.45, 2.75) is 0 Å². The third kappa shape index (κ3) is 5.74. The first-order chi connectivity index (χ1) is 28.2. The number of aromatic nitrogens is 4. The van der Waals surface area contributed by atoms with Crippen molar-refractivity contribution in [1.82, 2.24) is 19.5 Å². The molecule has 0 amide bonds. The second-order valence-corrected chi connectivity index (χ2v) is 14.4. The second kappa shape index (κ2) is 13.6. The van der Waals surface area contributed by atoms with Crippen molar-refractivity contribution < 1.29 is 0 Å². The van der Waals surface area contributed by atoms with E-state index in [0.717, 1.165) is 55.5 Å². The van der Waals surface area contributed by atoms with Gasteiger partial charge >= 0.3 is 0 Å². The van der Waals surface area contributed by atoms with Gasteiger partial charge in [-0.2, -0.15) is 0 Å². The Labute approximate surface area is 330 Å². The molecule has 9 aromatic carbocycles. The van der Waals surface area contributed by atoms with Crippen LogP contribution in [0.4, 0.5) is 0 Å². The van der Waals surface area contributed by atoms with E-state index in [-0.39, 0.29) is 0 Å². The van der Waals surface area contributed by atoms with E-state index in [1.165, 1.54) is 32.5 Å². The van der Waals surface area contributed by atoms with Crippen molar-refractivity contribution in [2.24, 2.45) is 0 Å². The molecule has 0 spiro atoms. The molecular formula is C53H34N4. The average Bonchev–Trinajstić information content (AvgIpc) is 3.63. The Hall–Kier alpha value is -7.69. The topological polar surface area (TPSA) is 43.6 Å². The number of para-hydroxylation sites is 1. The van der Waals surface area contributed by atoms with Crippen LogP contribution in [-0.4, -0.2) is 19.5 Å². The summed E-state index contributed by atoms with van der Waals surface area (Å²) in [5.41, 5.74) is 10.6. The van der Waals surface area contributed by atoms with Crippen molar-refractivity contribution in [3.63, 3.8) is 0 Å². The van der Waals surface area contributed by atoms with Gasteiger partial charge in [0, 0.05) is 27.5 Å². The Morgan fingerprint density at radius 1 is 0.281 bits per heavy atom. The fourth-order valence-corrected chi connectivity index (χ4v) is 8.25. The third-order valence-corrected chi connectivity index (χ3v) is 11.0. The summed E-state index contributed by atoms with van der Waals surface area (Å²) < 4.78 is 2.39. The Bertz CT molecular complexity index is 3280. The Morgan fingerprint density at radius 3 is 1.54 bits per heavy atom. The van der Waals surface area contributed by atoms with Gasteiger partial charge in [-0.15, -0.1) is 0 Å². The zero-order chi connectivity index (χ0) is 37.7. The predicted octanol–water partition coefficient (Wildman–Crippen LogP) is 13.6. The summed E-state index contributed by atoms with van der Waals surface area (Å²) in [6, 6.07) is 72.9. The molecule has 0 aliphatic heterocycles. The Kier molecular flexibility index (Phi) is 7.78. The van der Waals surface area contributed by atoms with Gasteiger partial charge in [0.2, 0.25) is 0 Å². The van der Waals surface area contributed by atoms with Crippen LogP contribution in [0.15, 0.2) is 206 Å². The summed E-state index contributed by atoms with van der Waals surface area (Å²) in [7, 11) is 0. The lowest BCUT2D eigenvalue weighted by Crippen LogP contribution is -2.04. The molecule has 2 heterocycles. The van der Waals surface area contributed by atoms with Gasteiger partial charge in [0.25, 0.3) is 0 Å². The van der Waals surface area contributed by atoms with Crippen molar-refractivity contribution >= 4 is 43.4 Å². The number of hydrogen-bond donors (Lipinski definition) is 0. The zero-order valence-corrected chi connectivity index (χ0v) is 30.9. The van der Waals surface area contributed by atoms with Crippen LogP contribution in [0.3, 0.4) is 0 Å². The number of benzene rings is 9. The summed E-state index contributed by atoms with van der Waals surface area (Å²) in [5, 5.41) is 7.17. The van der Waals surface area contributed by atoms with Crippen LogP contribution in [0.1, 0.15) is 0 Å². The number of rotatable bonds is 6. The minimum Gasteiger partial charge on any atom is -0.308 e. The maximum absolute atomic E-state index is 5.33. The maximum atomic E-state index is 5.33. The Balaban J connectivity index is 1.19. The lowest BCUT2D eigenvalue weighted by atomic mass is 9.99. The molecule has 266 valence electrons. The van der Waals surface area contributed by atoms with E-state index in [1.807, 2.05) is 18.2 Å². The van der Waals surface area contributed by atoms with E-state index in [9.17, 15) is 0 Å². The minimum atomic E-state index is 0.609. The average molecular weight is 727 g/mol. The van der Waals surface area contributed by atoms with Gasteiger partial charge in [-0.25, -0.2) is 15.0 Å². The van der Waals surface area contributed by atoms with Crippen LogP contribution >= 0.6 is 0 Å². The fourth-order valence-electron chi connectivity index (χ4n) is 8.25. The number of nitrogens with zero attached hydrogens (tertiary/aromatic N) is 4. The molecule has 11 rings (SSSR count). The van der Waals surface area contributed by atoms with Gasteiger partial charge in [0.05, 0.1) is 16.7 Å². The molecule has 11 aromatic rings. The van der Waals surface area contributed by atoms with E-state index >= 15 is 0 Å². The molecule has 0 saturated carbocycles. The predicted molar refractivity (Wildman–Crippen MR) is 236 cm³/mol. The molecule has 0 atom stereocenters. The van der Waals surface area contributed by atoms with Crippen LogP contribution < -0.4 is 0 Å². The Morgan fingerprint density at radius 2 is 0.789 bits per heavy atom. The van der Waals surface area contributed by atoms with E-state index in [2.05, 4.69) is 193 Å². The molecule has 57 heavy (non-hydrogen) atoms. The quantitative estimate of drug-likeness (QED) is 0.160. The molecule has 4 nitrogen and oxygen atoms in total. The molecule has 0 N–H and O–H groups in total.